The zero-order chi connectivity index (χ0) is 19.8. The molecule has 0 saturated heterocycles. The number of methoxy groups -OCH3 is 1. The maximum absolute atomic E-state index is 11.3. The van der Waals surface area contributed by atoms with Gasteiger partial charge in [0.1, 0.15) is 0 Å². The highest BCUT2D eigenvalue weighted by Gasteiger charge is 2.36. The van der Waals surface area contributed by atoms with Crippen LogP contribution in [0.5, 0.6) is 0 Å². The number of halogens is 1. The topological polar surface area (TPSA) is 72.0 Å². The molecule has 166 valence electrons. The second-order valence-corrected chi connectivity index (χ2v) is 7.54. The first-order valence-corrected chi connectivity index (χ1v) is 10.8. The van der Waals surface area contributed by atoms with Crippen LogP contribution in [0.3, 0.4) is 0 Å². The maximum atomic E-state index is 11.3. The molecule has 0 aromatic carbocycles. The summed E-state index contributed by atoms with van der Waals surface area (Å²) in [4.78, 5) is 16.1. The van der Waals surface area contributed by atoms with Crippen molar-refractivity contribution in [2.75, 3.05) is 40.0 Å². The summed E-state index contributed by atoms with van der Waals surface area (Å²) in [5.41, 5.74) is 0.358. The van der Waals surface area contributed by atoms with Gasteiger partial charge in [-0.2, -0.15) is 0 Å². The Balaban J connectivity index is 0.00000729. The summed E-state index contributed by atoms with van der Waals surface area (Å²) in [6.07, 6.45) is 11.0. The van der Waals surface area contributed by atoms with Gasteiger partial charge in [0, 0.05) is 39.8 Å². The van der Waals surface area contributed by atoms with Gasteiger partial charge in [-0.3, -0.25) is 9.79 Å². The third-order valence-corrected chi connectivity index (χ3v) is 5.32. The van der Waals surface area contributed by atoms with Gasteiger partial charge >= 0.3 is 5.97 Å². The van der Waals surface area contributed by atoms with Crippen LogP contribution in [0.2, 0.25) is 0 Å². The van der Waals surface area contributed by atoms with E-state index in [2.05, 4.69) is 17.6 Å². The van der Waals surface area contributed by atoms with Gasteiger partial charge in [0.2, 0.25) is 0 Å². The molecule has 28 heavy (non-hydrogen) atoms. The van der Waals surface area contributed by atoms with Crippen molar-refractivity contribution >= 4 is 35.9 Å². The first-order chi connectivity index (χ1) is 13.2. The number of hydrogen-bond donors (Lipinski definition) is 2. The maximum Gasteiger partial charge on any atom is 0.305 e. The number of carbonyl (C=O) groups is 1. The van der Waals surface area contributed by atoms with Crippen molar-refractivity contribution in [3.63, 3.8) is 0 Å². The first kappa shape index (κ1) is 27.4. The van der Waals surface area contributed by atoms with Crippen LogP contribution in [0.4, 0.5) is 0 Å². The van der Waals surface area contributed by atoms with Crippen LogP contribution in [-0.4, -0.2) is 51.9 Å². The molecule has 0 heterocycles. The second-order valence-electron chi connectivity index (χ2n) is 7.54. The normalized spacial score (nSPS) is 15.3. The van der Waals surface area contributed by atoms with Crippen LogP contribution >= 0.6 is 24.0 Å². The van der Waals surface area contributed by atoms with E-state index in [1.54, 1.807) is 7.11 Å². The average molecular weight is 511 g/mol. The third-order valence-electron chi connectivity index (χ3n) is 5.32. The summed E-state index contributed by atoms with van der Waals surface area (Å²) in [5.74, 6) is 0.865. The number of rotatable bonds is 15. The molecule has 2 N–H and O–H groups in total. The molecule has 0 radical (unpaired) electrons. The third kappa shape index (κ3) is 12.1. The Kier molecular flexibility index (Phi) is 16.9. The summed E-state index contributed by atoms with van der Waals surface area (Å²) in [6, 6.07) is 0. The molecule has 0 bridgehead atoms. The summed E-state index contributed by atoms with van der Waals surface area (Å²) in [5, 5.41) is 6.81. The van der Waals surface area contributed by atoms with E-state index in [9.17, 15) is 4.79 Å². The fourth-order valence-electron chi connectivity index (χ4n) is 3.44. The number of nitrogens with one attached hydrogen (secondary N) is 2. The monoisotopic (exact) mass is 511 g/mol. The lowest BCUT2D eigenvalue weighted by molar-refractivity contribution is -0.143. The minimum absolute atomic E-state index is 0. The predicted octanol–water partition coefficient (Wildman–Crippen LogP) is 4.27. The zero-order valence-corrected chi connectivity index (χ0v) is 20.5. The smallest absolute Gasteiger partial charge is 0.305 e. The Morgan fingerprint density at radius 3 is 2.39 bits per heavy atom. The number of esters is 1. The lowest BCUT2D eigenvalue weighted by Crippen LogP contribution is -2.40. The van der Waals surface area contributed by atoms with E-state index >= 15 is 0 Å². The summed E-state index contributed by atoms with van der Waals surface area (Å²) >= 11 is 0. The van der Waals surface area contributed by atoms with Crippen LogP contribution in [-0.2, 0) is 14.3 Å². The molecule has 7 heteroatoms. The molecule has 6 nitrogen and oxygen atoms in total. The standard InChI is InChI=1S/C21H41N3O3.HI/c1-4-22-20(24-18-21(13-11-14-21)15-17-26-3)23-16-10-8-6-7-9-12-19(25)27-5-2;/h4-18H2,1-3H3,(H2,22,23,24);1H. The molecule has 0 amide bonds. The van der Waals surface area contributed by atoms with Crippen molar-refractivity contribution in [1.82, 2.24) is 10.6 Å². The molecule has 1 rings (SSSR count). The Morgan fingerprint density at radius 2 is 1.79 bits per heavy atom. The average Bonchev–Trinajstić information content (AvgIpc) is 2.62. The van der Waals surface area contributed by atoms with Gasteiger partial charge in [-0.1, -0.05) is 25.7 Å². The lowest BCUT2D eigenvalue weighted by atomic mass is 9.67. The Bertz CT molecular complexity index is 429. The summed E-state index contributed by atoms with van der Waals surface area (Å²) in [7, 11) is 1.78. The van der Waals surface area contributed by atoms with Gasteiger partial charge in [-0.15, -0.1) is 24.0 Å². The van der Waals surface area contributed by atoms with Crippen molar-refractivity contribution in [2.45, 2.75) is 78.1 Å². The minimum atomic E-state index is -0.0691. The number of guanidine groups is 1. The van der Waals surface area contributed by atoms with Crippen LogP contribution in [0.1, 0.15) is 78.1 Å². The summed E-state index contributed by atoms with van der Waals surface area (Å²) in [6.45, 7) is 7.97. The molecule has 1 saturated carbocycles. The van der Waals surface area contributed by atoms with E-state index in [1.165, 1.54) is 25.7 Å². The summed E-state index contributed by atoms with van der Waals surface area (Å²) < 4.78 is 10.2. The van der Waals surface area contributed by atoms with Crippen LogP contribution < -0.4 is 10.6 Å². The Labute approximate surface area is 189 Å². The van der Waals surface area contributed by atoms with Gasteiger partial charge in [0.25, 0.3) is 0 Å². The van der Waals surface area contributed by atoms with Gasteiger partial charge in [0.15, 0.2) is 5.96 Å². The Morgan fingerprint density at radius 1 is 1.07 bits per heavy atom. The van der Waals surface area contributed by atoms with E-state index in [0.717, 1.165) is 64.3 Å². The zero-order valence-electron chi connectivity index (χ0n) is 18.2. The highest BCUT2D eigenvalue weighted by Crippen LogP contribution is 2.44. The van der Waals surface area contributed by atoms with Gasteiger partial charge in [-0.25, -0.2) is 0 Å². The van der Waals surface area contributed by atoms with Gasteiger partial charge in [0.05, 0.1) is 6.61 Å². The van der Waals surface area contributed by atoms with E-state index in [-0.39, 0.29) is 29.9 Å². The fourth-order valence-corrected chi connectivity index (χ4v) is 3.44. The number of unbranched alkanes of at least 4 members (excludes halogenated alkanes) is 4. The molecular weight excluding hydrogens is 469 g/mol. The van der Waals surface area contributed by atoms with E-state index < -0.39 is 0 Å². The van der Waals surface area contributed by atoms with Crippen molar-refractivity contribution in [1.29, 1.82) is 0 Å². The van der Waals surface area contributed by atoms with Crippen LogP contribution in [0.25, 0.3) is 0 Å². The molecule has 0 atom stereocenters. The van der Waals surface area contributed by atoms with Crippen LogP contribution in [0, 0.1) is 5.41 Å². The lowest BCUT2D eigenvalue weighted by Gasteiger charge is -2.40. The second kappa shape index (κ2) is 17.3. The van der Waals surface area contributed by atoms with Crippen molar-refractivity contribution in [2.24, 2.45) is 10.4 Å². The van der Waals surface area contributed by atoms with Gasteiger partial charge in [-0.05, 0) is 51.4 Å². The van der Waals surface area contributed by atoms with Crippen molar-refractivity contribution in [3.05, 3.63) is 0 Å². The highest BCUT2D eigenvalue weighted by atomic mass is 127. The molecule has 0 spiro atoms. The molecule has 0 aliphatic heterocycles. The highest BCUT2D eigenvalue weighted by molar-refractivity contribution is 14.0. The minimum Gasteiger partial charge on any atom is -0.466 e. The molecule has 1 aliphatic rings. The largest absolute Gasteiger partial charge is 0.466 e. The molecular formula is C21H42IN3O3. The van der Waals surface area contributed by atoms with Crippen LogP contribution in [0.15, 0.2) is 4.99 Å². The first-order valence-electron chi connectivity index (χ1n) is 10.8. The van der Waals surface area contributed by atoms with E-state index in [1.807, 2.05) is 6.92 Å². The molecule has 0 aromatic heterocycles. The molecule has 0 aromatic rings. The molecule has 1 aliphatic carbocycles. The SMILES string of the molecule is CCNC(=NCC1(CCOC)CCC1)NCCCCCCCC(=O)OCC.I. The van der Waals surface area contributed by atoms with Crippen molar-refractivity contribution in [3.8, 4) is 0 Å². The molecule has 1 fully saturated rings. The van der Waals surface area contributed by atoms with E-state index in [4.69, 9.17) is 14.5 Å². The van der Waals surface area contributed by atoms with Crippen molar-refractivity contribution < 1.29 is 14.3 Å². The molecule has 0 unspecified atom stereocenters. The number of nitrogens with zero attached hydrogens (tertiary/aromatic N) is 1. The fraction of sp³-hybridized carbons (Fsp3) is 0.905. The number of hydrogen-bond acceptors (Lipinski definition) is 4. The number of carbonyl (C=O) groups excluding carboxylic acids is 1. The number of aliphatic imine (C=N–C) groups is 1. The Hall–Kier alpha value is -0.570. The predicted molar refractivity (Wildman–Crippen MR) is 127 cm³/mol. The quantitative estimate of drug-likeness (QED) is 0.113. The van der Waals surface area contributed by atoms with Gasteiger partial charge < -0.3 is 20.1 Å². The number of ether oxygens (including phenoxy) is 2. The van der Waals surface area contributed by atoms with E-state index in [0.29, 0.717) is 18.4 Å².